The molecule has 1 aromatic heterocycles. The van der Waals surface area contributed by atoms with Crippen molar-refractivity contribution in [1.82, 2.24) is 9.88 Å². The average molecular weight is 351 g/mol. The van der Waals surface area contributed by atoms with Crippen molar-refractivity contribution in [2.75, 3.05) is 7.05 Å². The molecule has 3 rings (SSSR count). The fraction of sp³-hybridized carbons (Fsp3) is 0.125. The minimum Gasteiger partial charge on any atom is -0.335 e. The van der Waals surface area contributed by atoms with E-state index in [1.54, 1.807) is 41.5 Å². The molecule has 0 aliphatic heterocycles. The first-order valence-corrected chi connectivity index (χ1v) is 8.17. The third-order valence-corrected chi connectivity index (χ3v) is 4.98. The first-order chi connectivity index (χ1) is 10.5. The van der Waals surface area contributed by atoms with Crippen LogP contribution in [0.25, 0.3) is 10.2 Å². The molecule has 0 aliphatic carbocycles. The topological polar surface area (TPSA) is 33.2 Å². The number of nitrogens with zero attached hydrogens (tertiary/aromatic N) is 2. The number of rotatable bonds is 3. The number of hydrogen-bond acceptors (Lipinski definition) is 3. The van der Waals surface area contributed by atoms with E-state index in [4.69, 9.17) is 23.2 Å². The molecule has 6 heteroatoms. The zero-order chi connectivity index (χ0) is 15.7. The summed E-state index contributed by atoms with van der Waals surface area (Å²) in [7, 11) is 1.75. The van der Waals surface area contributed by atoms with E-state index in [1.165, 1.54) is 0 Å². The van der Waals surface area contributed by atoms with E-state index in [-0.39, 0.29) is 5.91 Å². The Kier molecular flexibility index (Phi) is 4.34. The fourth-order valence-electron chi connectivity index (χ4n) is 2.11. The summed E-state index contributed by atoms with van der Waals surface area (Å²) in [5, 5.41) is 1.71. The number of carbonyl (C=O) groups excluding carboxylic acids is 1. The van der Waals surface area contributed by atoms with Crippen LogP contribution < -0.4 is 0 Å². The highest BCUT2D eigenvalue weighted by molar-refractivity contribution is 7.18. The van der Waals surface area contributed by atoms with Gasteiger partial charge in [-0.05, 0) is 30.3 Å². The van der Waals surface area contributed by atoms with Crippen LogP contribution in [0.1, 0.15) is 15.4 Å². The summed E-state index contributed by atoms with van der Waals surface area (Å²) in [6.45, 7) is 0.457. The molecule has 0 fully saturated rings. The minimum atomic E-state index is -0.113. The van der Waals surface area contributed by atoms with Gasteiger partial charge in [-0.1, -0.05) is 35.3 Å². The van der Waals surface area contributed by atoms with E-state index in [9.17, 15) is 4.79 Å². The van der Waals surface area contributed by atoms with E-state index in [2.05, 4.69) is 4.98 Å². The van der Waals surface area contributed by atoms with Crippen LogP contribution in [-0.2, 0) is 6.54 Å². The summed E-state index contributed by atoms with van der Waals surface area (Å²) in [5.74, 6) is -0.113. The van der Waals surface area contributed by atoms with Gasteiger partial charge in [-0.25, -0.2) is 4.98 Å². The van der Waals surface area contributed by atoms with E-state index in [1.807, 2.05) is 24.3 Å². The van der Waals surface area contributed by atoms with Gasteiger partial charge in [0.1, 0.15) is 5.01 Å². The van der Waals surface area contributed by atoms with Crippen molar-refractivity contribution >= 4 is 50.7 Å². The minimum absolute atomic E-state index is 0.113. The van der Waals surface area contributed by atoms with Crippen LogP contribution in [0, 0.1) is 0 Å². The average Bonchev–Trinajstić information content (AvgIpc) is 2.91. The zero-order valence-electron chi connectivity index (χ0n) is 11.7. The van der Waals surface area contributed by atoms with Crippen molar-refractivity contribution in [2.45, 2.75) is 6.54 Å². The molecule has 2 aromatic carbocycles. The number of hydrogen-bond donors (Lipinski definition) is 0. The fourth-order valence-corrected chi connectivity index (χ4v) is 3.43. The first-order valence-electron chi connectivity index (χ1n) is 6.59. The molecule has 3 nitrogen and oxygen atoms in total. The Bertz CT molecular complexity index is 814. The second-order valence-corrected chi connectivity index (χ2v) is 6.80. The largest absolute Gasteiger partial charge is 0.335 e. The van der Waals surface area contributed by atoms with Gasteiger partial charge in [-0.15, -0.1) is 11.3 Å². The lowest BCUT2D eigenvalue weighted by molar-refractivity contribution is 0.0785. The Morgan fingerprint density at radius 2 is 1.95 bits per heavy atom. The zero-order valence-corrected chi connectivity index (χ0v) is 14.0. The van der Waals surface area contributed by atoms with Crippen LogP contribution in [0.15, 0.2) is 42.5 Å². The number of thiazole rings is 1. The number of para-hydroxylation sites is 1. The number of carbonyl (C=O) groups is 1. The third kappa shape index (κ3) is 3.09. The van der Waals surface area contributed by atoms with Crippen LogP contribution in [0.3, 0.4) is 0 Å². The van der Waals surface area contributed by atoms with Crippen LogP contribution >= 0.6 is 34.5 Å². The quantitative estimate of drug-likeness (QED) is 0.674. The molecule has 0 N–H and O–H groups in total. The van der Waals surface area contributed by atoms with Crippen LogP contribution in [0.5, 0.6) is 0 Å². The van der Waals surface area contributed by atoms with Crippen molar-refractivity contribution in [3.8, 4) is 0 Å². The molecule has 0 atom stereocenters. The summed E-state index contributed by atoms with van der Waals surface area (Å²) in [6, 6.07) is 12.8. The highest BCUT2D eigenvalue weighted by Gasteiger charge is 2.15. The van der Waals surface area contributed by atoms with Crippen molar-refractivity contribution < 1.29 is 4.79 Å². The second-order valence-electron chi connectivity index (χ2n) is 4.87. The van der Waals surface area contributed by atoms with Gasteiger partial charge in [0, 0.05) is 12.6 Å². The van der Waals surface area contributed by atoms with E-state index >= 15 is 0 Å². The molecule has 0 unspecified atom stereocenters. The Morgan fingerprint density at radius 3 is 2.68 bits per heavy atom. The first kappa shape index (κ1) is 15.3. The molecular weight excluding hydrogens is 339 g/mol. The van der Waals surface area contributed by atoms with Gasteiger partial charge < -0.3 is 4.90 Å². The van der Waals surface area contributed by atoms with Gasteiger partial charge in [0.25, 0.3) is 5.91 Å². The highest BCUT2D eigenvalue weighted by atomic mass is 35.5. The summed E-state index contributed by atoms with van der Waals surface area (Å²) in [5.41, 5.74) is 1.47. The molecule has 0 saturated carbocycles. The number of fused-ring (bicyclic) bond motifs is 1. The van der Waals surface area contributed by atoms with Crippen LogP contribution in [0.4, 0.5) is 0 Å². The SMILES string of the molecule is CN(Cc1nc2ccccc2s1)C(=O)c1ccc(Cl)c(Cl)c1. The molecule has 0 radical (unpaired) electrons. The number of amides is 1. The van der Waals surface area contributed by atoms with Crippen LogP contribution in [-0.4, -0.2) is 22.8 Å². The Morgan fingerprint density at radius 1 is 1.18 bits per heavy atom. The summed E-state index contributed by atoms with van der Waals surface area (Å²) in [4.78, 5) is 18.6. The Hall–Kier alpha value is -1.62. The smallest absolute Gasteiger partial charge is 0.254 e. The van der Waals surface area contributed by atoms with E-state index in [0.717, 1.165) is 15.2 Å². The normalized spacial score (nSPS) is 10.9. The van der Waals surface area contributed by atoms with E-state index < -0.39 is 0 Å². The van der Waals surface area contributed by atoms with Gasteiger partial charge in [-0.2, -0.15) is 0 Å². The van der Waals surface area contributed by atoms with Gasteiger partial charge in [0.05, 0.1) is 26.8 Å². The summed E-state index contributed by atoms with van der Waals surface area (Å²) in [6.07, 6.45) is 0. The van der Waals surface area contributed by atoms with Crippen LogP contribution in [0.2, 0.25) is 10.0 Å². The number of benzene rings is 2. The molecule has 0 spiro atoms. The van der Waals surface area contributed by atoms with Gasteiger partial charge in [-0.3, -0.25) is 4.79 Å². The predicted octanol–water partition coefficient (Wildman–Crippen LogP) is 4.88. The number of aromatic nitrogens is 1. The monoisotopic (exact) mass is 350 g/mol. The second kappa shape index (κ2) is 6.24. The summed E-state index contributed by atoms with van der Waals surface area (Å²) < 4.78 is 1.12. The van der Waals surface area contributed by atoms with Crippen molar-refractivity contribution in [3.05, 3.63) is 63.1 Å². The standard InChI is InChI=1S/C16H12Cl2N2OS/c1-20(16(21)10-6-7-11(17)12(18)8-10)9-15-19-13-4-2-3-5-14(13)22-15/h2-8H,9H2,1H3. The molecule has 112 valence electrons. The Balaban J connectivity index is 1.79. The molecule has 1 heterocycles. The number of halogens is 2. The molecule has 22 heavy (non-hydrogen) atoms. The maximum atomic E-state index is 12.4. The van der Waals surface area contributed by atoms with Gasteiger partial charge in [0.15, 0.2) is 0 Å². The van der Waals surface area contributed by atoms with Gasteiger partial charge >= 0.3 is 0 Å². The van der Waals surface area contributed by atoms with Crippen molar-refractivity contribution in [3.63, 3.8) is 0 Å². The molecule has 3 aromatic rings. The lowest BCUT2D eigenvalue weighted by Crippen LogP contribution is -2.26. The van der Waals surface area contributed by atoms with E-state index in [0.29, 0.717) is 22.2 Å². The lowest BCUT2D eigenvalue weighted by atomic mass is 10.2. The lowest BCUT2D eigenvalue weighted by Gasteiger charge is -2.16. The molecule has 0 aliphatic rings. The predicted molar refractivity (Wildman–Crippen MR) is 91.9 cm³/mol. The third-order valence-electron chi connectivity index (χ3n) is 3.22. The molecule has 0 saturated heterocycles. The summed E-state index contributed by atoms with van der Waals surface area (Å²) >= 11 is 13.4. The molecule has 0 bridgehead atoms. The highest BCUT2D eigenvalue weighted by Crippen LogP contribution is 2.25. The van der Waals surface area contributed by atoms with Gasteiger partial charge in [0.2, 0.25) is 0 Å². The molecule has 1 amide bonds. The van der Waals surface area contributed by atoms with Crippen molar-refractivity contribution in [1.29, 1.82) is 0 Å². The maximum absolute atomic E-state index is 12.4. The maximum Gasteiger partial charge on any atom is 0.254 e. The molecular formula is C16H12Cl2N2OS. The van der Waals surface area contributed by atoms with Crippen molar-refractivity contribution in [2.24, 2.45) is 0 Å². The Labute approximate surface area is 142 Å².